The molecule has 0 bridgehead atoms. The smallest absolute Gasteiger partial charge is 0.231 e. The number of nitrogens with one attached hydrogen (secondary N) is 1. The lowest BCUT2D eigenvalue weighted by molar-refractivity contribution is 0.123. The molecule has 1 aromatic rings. The molecule has 0 aliphatic carbocycles. The Bertz CT molecular complexity index is 397. The number of fused-ring (bicyclic) bond motifs is 1. The fourth-order valence-electron chi connectivity index (χ4n) is 1.99. The number of hydrogen-bond acceptors (Lipinski definition) is 5. The topological polar surface area (TPSA) is 60.0 Å². The molecule has 0 spiro atoms. The van der Waals surface area contributed by atoms with Gasteiger partial charge in [-0.15, -0.1) is 0 Å². The molecule has 2 atom stereocenters. The predicted octanol–water partition coefficient (Wildman–Crippen LogP) is 1.07. The first-order chi connectivity index (χ1) is 8.74. The third-order valence-electron chi connectivity index (χ3n) is 2.97. The second kappa shape index (κ2) is 6.04. The summed E-state index contributed by atoms with van der Waals surface area (Å²) in [6.45, 7) is 2.84. The molecule has 1 aliphatic rings. The van der Waals surface area contributed by atoms with Gasteiger partial charge in [0.2, 0.25) is 6.79 Å². The number of aliphatic hydroxyl groups excluding tert-OH is 1. The van der Waals surface area contributed by atoms with Gasteiger partial charge in [-0.3, -0.25) is 0 Å². The molecule has 1 heterocycles. The average molecular weight is 253 g/mol. The molecule has 0 radical (unpaired) electrons. The fourth-order valence-corrected chi connectivity index (χ4v) is 1.99. The SMILES string of the molecule is COCC(CO)NC(C)c1ccc2c(c1)OCO2. The minimum absolute atomic E-state index is 0.0444. The molecule has 0 saturated carbocycles. The summed E-state index contributed by atoms with van der Waals surface area (Å²) >= 11 is 0. The number of rotatable bonds is 6. The molecule has 2 unspecified atom stereocenters. The van der Waals surface area contributed by atoms with E-state index in [4.69, 9.17) is 14.2 Å². The first-order valence-corrected chi connectivity index (χ1v) is 6.00. The van der Waals surface area contributed by atoms with Gasteiger partial charge in [-0.25, -0.2) is 0 Å². The number of ether oxygens (including phenoxy) is 3. The van der Waals surface area contributed by atoms with Crippen LogP contribution < -0.4 is 14.8 Å². The Morgan fingerprint density at radius 3 is 2.89 bits per heavy atom. The number of hydrogen-bond donors (Lipinski definition) is 2. The van der Waals surface area contributed by atoms with Crippen molar-refractivity contribution in [3.8, 4) is 11.5 Å². The van der Waals surface area contributed by atoms with Crippen molar-refractivity contribution in [2.45, 2.75) is 19.0 Å². The van der Waals surface area contributed by atoms with E-state index in [0.717, 1.165) is 17.1 Å². The maximum atomic E-state index is 9.22. The molecular weight excluding hydrogens is 234 g/mol. The van der Waals surface area contributed by atoms with Crippen LogP contribution in [-0.2, 0) is 4.74 Å². The second-order valence-electron chi connectivity index (χ2n) is 4.34. The van der Waals surface area contributed by atoms with Crippen molar-refractivity contribution < 1.29 is 19.3 Å². The Balaban J connectivity index is 2.02. The lowest BCUT2D eigenvalue weighted by atomic mass is 10.1. The zero-order chi connectivity index (χ0) is 13.0. The second-order valence-corrected chi connectivity index (χ2v) is 4.34. The van der Waals surface area contributed by atoms with Crippen LogP contribution in [0.3, 0.4) is 0 Å². The largest absolute Gasteiger partial charge is 0.454 e. The van der Waals surface area contributed by atoms with Crippen LogP contribution in [0.2, 0.25) is 0 Å². The summed E-state index contributed by atoms with van der Waals surface area (Å²) in [5.74, 6) is 1.55. The molecule has 100 valence electrons. The highest BCUT2D eigenvalue weighted by atomic mass is 16.7. The minimum Gasteiger partial charge on any atom is -0.454 e. The minimum atomic E-state index is -0.0737. The summed E-state index contributed by atoms with van der Waals surface area (Å²) in [5.41, 5.74) is 1.09. The van der Waals surface area contributed by atoms with Gasteiger partial charge >= 0.3 is 0 Å². The van der Waals surface area contributed by atoms with Gasteiger partial charge in [0.25, 0.3) is 0 Å². The Kier molecular flexibility index (Phi) is 4.41. The summed E-state index contributed by atoms with van der Waals surface area (Å²) in [6.07, 6.45) is 0. The van der Waals surface area contributed by atoms with E-state index >= 15 is 0 Å². The molecule has 1 aromatic carbocycles. The van der Waals surface area contributed by atoms with Crippen molar-refractivity contribution in [2.24, 2.45) is 0 Å². The standard InChI is InChI=1S/C13H19NO4/c1-9(14-11(6-15)7-16-2)10-3-4-12-13(5-10)18-8-17-12/h3-5,9,11,14-15H,6-8H2,1-2H3. The highest BCUT2D eigenvalue weighted by Gasteiger charge is 2.17. The van der Waals surface area contributed by atoms with Gasteiger partial charge in [0.1, 0.15) is 0 Å². The van der Waals surface area contributed by atoms with E-state index in [1.165, 1.54) is 0 Å². The summed E-state index contributed by atoms with van der Waals surface area (Å²) < 4.78 is 15.7. The zero-order valence-corrected chi connectivity index (χ0v) is 10.7. The van der Waals surface area contributed by atoms with E-state index in [9.17, 15) is 5.11 Å². The molecule has 1 aliphatic heterocycles. The molecule has 0 amide bonds. The van der Waals surface area contributed by atoms with Gasteiger partial charge in [0, 0.05) is 13.2 Å². The van der Waals surface area contributed by atoms with Crippen LogP contribution in [-0.4, -0.2) is 38.3 Å². The summed E-state index contributed by atoms with van der Waals surface area (Å²) in [6, 6.07) is 5.88. The van der Waals surface area contributed by atoms with Gasteiger partial charge < -0.3 is 24.6 Å². The normalized spacial score (nSPS) is 16.6. The van der Waals surface area contributed by atoms with Crippen molar-refractivity contribution in [2.75, 3.05) is 27.1 Å². The van der Waals surface area contributed by atoms with Crippen LogP contribution in [0.1, 0.15) is 18.5 Å². The molecule has 2 N–H and O–H groups in total. The Labute approximate surface area is 107 Å². The third-order valence-corrected chi connectivity index (χ3v) is 2.97. The van der Waals surface area contributed by atoms with E-state index in [1.807, 2.05) is 25.1 Å². The van der Waals surface area contributed by atoms with Gasteiger partial charge in [-0.2, -0.15) is 0 Å². The maximum Gasteiger partial charge on any atom is 0.231 e. The molecule has 18 heavy (non-hydrogen) atoms. The van der Waals surface area contributed by atoms with E-state index in [-0.39, 0.29) is 25.5 Å². The number of benzene rings is 1. The van der Waals surface area contributed by atoms with E-state index in [1.54, 1.807) is 7.11 Å². The monoisotopic (exact) mass is 253 g/mol. The molecule has 0 fully saturated rings. The number of aliphatic hydroxyl groups is 1. The molecule has 0 aromatic heterocycles. The van der Waals surface area contributed by atoms with Crippen LogP contribution in [0.5, 0.6) is 11.5 Å². The Morgan fingerprint density at radius 2 is 2.17 bits per heavy atom. The van der Waals surface area contributed by atoms with E-state index in [0.29, 0.717) is 6.61 Å². The highest BCUT2D eigenvalue weighted by Crippen LogP contribution is 2.34. The van der Waals surface area contributed by atoms with Gasteiger partial charge in [-0.1, -0.05) is 6.07 Å². The lowest BCUT2D eigenvalue weighted by Gasteiger charge is -2.21. The molecule has 0 saturated heterocycles. The maximum absolute atomic E-state index is 9.22. The van der Waals surface area contributed by atoms with Crippen molar-refractivity contribution in [3.05, 3.63) is 23.8 Å². The van der Waals surface area contributed by atoms with E-state index in [2.05, 4.69) is 5.32 Å². The quantitative estimate of drug-likeness (QED) is 0.794. The van der Waals surface area contributed by atoms with Gasteiger partial charge in [0.05, 0.1) is 19.3 Å². The number of methoxy groups -OCH3 is 1. The Hall–Kier alpha value is -1.30. The van der Waals surface area contributed by atoms with Crippen molar-refractivity contribution >= 4 is 0 Å². The van der Waals surface area contributed by atoms with Crippen molar-refractivity contribution in [1.82, 2.24) is 5.32 Å². The van der Waals surface area contributed by atoms with Crippen LogP contribution >= 0.6 is 0 Å². The van der Waals surface area contributed by atoms with E-state index < -0.39 is 0 Å². The van der Waals surface area contributed by atoms with Gasteiger partial charge in [0.15, 0.2) is 11.5 Å². The van der Waals surface area contributed by atoms with Gasteiger partial charge in [-0.05, 0) is 24.6 Å². The molecular formula is C13H19NO4. The van der Waals surface area contributed by atoms with Crippen molar-refractivity contribution in [3.63, 3.8) is 0 Å². The van der Waals surface area contributed by atoms with Crippen LogP contribution in [0.4, 0.5) is 0 Å². The molecule has 2 rings (SSSR count). The average Bonchev–Trinajstić information content (AvgIpc) is 2.85. The van der Waals surface area contributed by atoms with Crippen LogP contribution in [0.25, 0.3) is 0 Å². The van der Waals surface area contributed by atoms with Crippen LogP contribution in [0.15, 0.2) is 18.2 Å². The Morgan fingerprint density at radius 1 is 1.39 bits per heavy atom. The first-order valence-electron chi connectivity index (χ1n) is 6.00. The summed E-state index contributed by atoms with van der Waals surface area (Å²) in [5, 5.41) is 12.5. The highest BCUT2D eigenvalue weighted by molar-refractivity contribution is 5.45. The zero-order valence-electron chi connectivity index (χ0n) is 10.7. The summed E-state index contributed by atoms with van der Waals surface area (Å²) in [4.78, 5) is 0. The molecule has 5 nitrogen and oxygen atoms in total. The van der Waals surface area contributed by atoms with Crippen molar-refractivity contribution in [1.29, 1.82) is 0 Å². The lowest BCUT2D eigenvalue weighted by Crippen LogP contribution is -2.38. The van der Waals surface area contributed by atoms with Crippen LogP contribution in [0, 0.1) is 0 Å². The third kappa shape index (κ3) is 2.93. The fraction of sp³-hybridized carbons (Fsp3) is 0.538. The molecule has 5 heteroatoms. The predicted molar refractivity (Wildman–Crippen MR) is 66.9 cm³/mol. The summed E-state index contributed by atoms with van der Waals surface area (Å²) in [7, 11) is 1.62. The first kappa shape index (κ1) is 13.1.